The van der Waals surface area contributed by atoms with Crippen LogP contribution in [0.3, 0.4) is 0 Å². The van der Waals surface area contributed by atoms with Gasteiger partial charge in [-0.1, -0.05) is 29.9 Å². The van der Waals surface area contributed by atoms with Gasteiger partial charge in [0.25, 0.3) is 5.91 Å². The van der Waals surface area contributed by atoms with Gasteiger partial charge in [0, 0.05) is 5.56 Å². The number of nitrogens with one attached hydrogen (secondary N) is 1. The maximum atomic E-state index is 12.5. The molecule has 0 saturated carbocycles. The van der Waals surface area contributed by atoms with Gasteiger partial charge in [0.2, 0.25) is 10.1 Å². The number of alkyl halides is 3. The molecule has 0 atom stereocenters. The zero-order chi connectivity index (χ0) is 19.3. The Morgan fingerprint density at radius 2 is 2.00 bits per heavy atom. The number of benzene rings is 1. The molecule has 2 rings (SSSR count). The molecule has 0 aliphatic carbocycles. The molecule has 2 aromatic rings. The number of nitrogens with zero attached hydrogens (tertiary/aromatic N) is 2. The van der Waals surface area contributed by atoms with Gasteiger partial charge in [-0.2, -0.15) is 13.2 Å². The van der Waals surface area contributed by atoms with E-state index >= 15 is 0 Å². The average molecular weight is 410 g/mol. The Bertz CT molecular complexity index is 783. The van der Waals surface area contributed by atoms with Gasteiger partial charge in [-0.15, -0.1) is 10.2 Å². The summed E-state index contributed by atoms with van der Waals surface area (Å²) < 4.78 is 48.6. The van der Waals surface area contributed by atoms with Crippen molar-refractivity contribution < 1.29 is 27.4 Å². The fourth-order valence-electron chi connectivity index (χ4n) is 1.86. The van der Waals surface area contributed by atoms with Crippen molar-refractivity contribution in [1.82, 2.24) is 10.2 Å². The second kappa shape index (κ2) is 8.54. The Balaban J connectivity index is 2.24. The summed E-state index contributed by atoms with van der Waals surface area (Å²) in [7, 11) is 0. The lowest BCUT2D eigenvalue weighted by Crippen LogP contribution is -2.12. The highest BCUT2D eigenvalue weighted by molar-refractivity contribution is 7.15. The first-order valence-electron chi connectivity index (χ1n) is 7.57. The van der Waals surface area contributed by atoms with Crippen LogP contribution in [0.1, 0.15) is 35.6 Å². The monoisotopic (exact) mass is 409 g/mol. The van der Waals surface area contributed by atoms with E-state index in [2.05, 4.69) is 15.5 Å². The molecule has 6 nitrogen and oxygen atoms in total. The topological polar surface area (TPSA) is 73.3 Å². The third-order valence-corrected chi connectivity index (χ3v) is 4.07. The van der Waals surface area contributed by atoms with Crippen LogP contribution in [0.2, 0.25) is 5.02 Å². The number of hydrogen-bond acceptors (Lipinski definition) is 6. The highest BCUT2D eigenvalue weighted by Crippen LogP contribution is 2.37. The van der Waals surface area contributed by atoms with E-state index in [0.717, 1.165) is 6.42 Å². The van der Waals surface area contributed by atoms with Crippen molar-refractivity contribution in [2.75, 3.05) is 18.5 Å². The zero-order valence-corrected chi connectivity index (χ0v) is 15.4. The lowest BCUT2D eigenvalue weighted by Gasteiger charge is -2.14. The fraction of sp³-hybridized carbons (Fsp3) is 0.400. The zero-order valence-electron chi connectivity index (χ0n) is 13.8. The number of aromatic nitrogens is 2. The van der Waals surface area contributed by atoms with Crippen LogP contribution >= 0.6 is 22.9 Å². The lowest BCUT2D eigenvalue weighted by atomic mass is 10.2. The van der Waals surface area contributed by atoms with Crippen LogP contribution in [-0.2, 0) is 6.18 Å². The first-order chi connectivity index (χ1) is 12.3. The van der Waals surface area contributed by atoms with Crippen molar-refractivity contribution in [3.8, 4) is 11.5 Å². The molecule has 0 bridgehead atoms. The van der Waals surface area contributed by atoms with Gasteiger partial charge in [0.15, 0.2) is 11.5 Å². The van der Waals surface area contributed by atoms with Crippen LogP contribution in [-0.4, -0.2) is 29.3 Å². The Morgan fingerprint density at radius 1 is 1.27 bits per heavy atom. The molecule has 1 heterocycles. The molecule has 0 unspecified atom stereocenters. The van der Waals surface area contributed by atoms with Crippen LogP contribution in [0.25, 0.3) is 0 Å². The Hall–Kier alpha value is -2.07. The summed E-state index contributed by atoms with van der Waals surface area (Å²) in [5.74, 6) is -0.117. The molecule has 1 aromatic carbocycles. The minimum atomic E-state index is -4.62. The molecule has 11 heteroatoms. The lowest BCUT2D eigenvalue weighted by molar-refractivity contribution is -0.138. The van der Waals surface area contributed by atoms with Gasteiger partial charge in [0.1, 0.15) is 0 Å². The van der Waals surface area contributed by atoms with Crippen molar-refractivity contribution in [3.63, 3.8) is 0 Å². The summed E-state index contributed by atoms with van der Waals surface area (Å²) in [5, 5.41) is 7.31. The van der Waals surface area contributed by atoms with Crippen molar-refractivity contribution in [1.29, 1.82) is 0 Å². The highest BCUT2D eigenvalue weighted by Gasteiger charge is 2.35. The summed E-state index contributed by atoms with van der Waals surface area (Å²) in [4.78, 5) is 12.3. The van der Waals surface area contributed by atoms with Gasteiger partial charge in [-0.25, -0.2) is 0 Å². The molecule has 0 spiro atoms. The predicted molar refractivity (Wildman–Crippen MR) is 91.3 cm³/mol. The van der Waals surface area contributed by atoms with Crippen LogP contribution < -0.4 is 14.8 Å². The maximum Gasteiger partial charge on any atom is 0.445 e. The number of ether oxygens (including phenoxy) is 2. The molecular formula is C15H15ClF3N3O3S. The third-order valence-electron chi connectivity index (χ3n) is 2.91. The van der Waals surface area contributed by atoms with Gasteiger partial charge in [-0.3, -0.25) is 10.1 Å². The number of carbonyl (C=O) groups is 1. The minimum Gasteiger partial charge on any atom is -0.490 e. The standard InChI is InChI=1S/C15H15ClF3N3O3S/c1-3-5-25-11-9(16)6-8(7-10(11)24-4-2)12(23)20-14-22-21-13(26-14)15(17,18)19/h6-7H,3-5H2,1-2H3,(H,20,22,23). The van der Waals surface area contributed by atoms with E-state index in [1.54, 1.807) is 6.92 Å². The predicted octanol–water partition coefficient (Wildman–Crippen LogP) is 4.65. The average Bonchev–Trinajstić information content (AvgIpc) is 3.03. The summed E-state index contributed by atoms with van der Waals surface area (Å²) in [6.07, 6.45) is -3.87. The van der Waals surface area contributed by atoms with Crippen molar-refractivity contribution in [2.45, 2.75) is 26.4 Å². The molecule has 142 valence electrons. The molecule has 0 radical (unpaired) electrons. The van der Waals surface area contributed by atoms with Gasteiger partial charge < -0.3 is 9.47 Å². The SMILES string of the molecule is CCCOc1c(Cl)cc(C(=O)Nc2nnc(C(F)(F)F)s2)cc1OCC. The molecule has 1 amide bonds. The number of hydrogen-bond donors (Lipinski definition) is 1. The van der Waals surface area contributed by atoms with Crippen LogP contribution in [0.15, 0.2) is 12.1 Å². The summed E-state index contributed by atoms with van der Waals surface area (Å²) in [6, 6.07) is 2.75. The Morgan fingerprint density at radius 3 is 2.58 bits per heavy atom. The van der Waals surface area contributed by atoms with Crippen molar-refractivity contribution in [2.24, 2.45) is 0 Å². The largest absolute Gasteiger partial charge is 0.490 e. The normalized spacial score (nSPS) is 11.3. The molecule has 0 aliphatic heterocycles. The van der Waals surface area contributed by atoms with E-state index in [0.29, 0.717) is 19.0 Å². The number of anilines is 1. The first-order valence-corrected chi connectivity index (χ1v) is 8.76. The van der Waals surface area contributed by atoms with Crippen molar-refractivity contribution in [3.05, 3.63) is 27.7 Å². The molecule has 26 heavy (non-hydrogen) atoms. The quantitative estimate of drug-likeness (QED) is 0.720. The molecule has 0 aliphatic rings. The van der Waals surface area contributed by atoms with E-state index < -0.39 is 17.1 Å². The van der Waals surface area contributed by atoms with Crippen molar-refractivity contribution >= 4 is 34.0 Å². The van der Waals surface area contributed by atoms with E-state index in [9.17, 15) is 18.0 Å². The van der Waals surface area contributed by atoms with Crippen LogP contribution in [0.5, 0.6) is 11.5 Å². The smallest absolute Gasteiger partial charge is 0.445 e. The third kappa shape index (κ3) is 4.98. The minimum absolute atomic E-state index is 0.0889. The van der Waals surface area contributed by atoms with Gasteiger partial charge in [-0.05, 0) is 25.5 Å². The second-order valence-electron chi connectivity index (χ2n) is 4.93. The number of rotatable bonds is 7. The number of amides is 1. The molecule has 1 N–H and O–H groups in total. The molecule has 1 aromatic heterocycles. The fourth-order valence-corrected chi connectivity index (χ4v) is 2.73. The molecular weight excluding hydrogens is 395 g/mol. The first kappa shape index (κ1) is 20.2. The number of carbonyl (C=O) groups excluding carboxylic acids is 1. The molecule has 0 fully saturated rings. The van der Waals surface area contributed by atoms with Crippen LogP contribution in [0.4, 0.5) is 18.3 Å². The summed E-state index contributed by atoms with van der Waals surface area (Å²) >= 11 is 6.39. The second-order valence-corrected chi connectivity index (χ2v) is 6.32. The summed E-state index contributed by atoms with van der Waals surface area (Å²) in [5.41, 5.74) is 0.0889. The van der Waals surface area contributed by atoms with Gasteiger partial charge >= 0.3 is 6.18 Å². The Kier molecular flexibility index (Phi) is 6.65. The molecule has 0 saturated heterocycles. The summed E-state index contributed by atoms with van der Waals surface area (Å²) in [6.45, 7) is 4.41. The van der Waals surface area contributed by atoms with E-state index in [1.807, 2.05) is 6.92 Å². The van der Waals surface area contributed by atoms with E-state index in [4.69, 9.17) is 21.1 Å². The van der Waals surface area contributed by atoms with E-state index in [1.165, 1.54) is 12.1 Å². The Labute approximate surface area is 156 Å². The van der Waals surface area contributed by atoms with Crippen LogP contribution in [0, 0.1) is 0 Å². The van der Waals surface area contributed by atoms with Gasteiger partial charge in [0.05, 0.1) is 18.2 Å². The van der Waals surface area contributed by atoms with E-state index in [-0.39, 0.29) is 32.8 Å². The highest BCUT2D eigenvalue weighted by atomic mass is 35.5. The number of halogens is 4. The maximum absolute atomic E-state index is 12.5.